The number of ether oxygens (including phenoxy) is 2. The number of nitrogens with one attached hydrogen (secondary N) is 1. The molecule has 4 heteroatoms. The normalized spacial score (nSPS) is 15.8. The van der Waals surface area contributed by atoms with E-state index in [0.717, 1.165) is 18.0 Å². The lowest BCUT2D eigenvalue weighted by Crippen LogP contribution is -2.22. The zero-order valence-corrected chi connectivity index (χ0v) is 10.8. The van der Waals surface area contributed by atoms with E-state index in [1.54, 1.807) is 20.3 Å². The third-order valence-electron chi connectivity index (χ3n) is 3.14. The van der Waals surface area contributed by atoms with Gasteiger partial charge in [-0.05, 0) is 43.0 Å². The second-order valence-corrected chi connectivity index (χ2v) is 4.56. The van der Waals surface area contributed by atoms with E-state index >= 15 is 0 Å². The molecule has 0 aromatic heterocycles. The van der Waals surface area contributed by atoms with Gasteiger partial charge < -0.3 is 9.47 Å². The Labute approximate surface area is 108 Å². The Morgan fingerprint density at radius 1 is 1.28 bits per heavy atom. The first-order valence-corrected chi connectivity index (χ1v) is 6.12. The number of nitrogens with zero attached hydrogens (tertiary/aromatic N) is 1. The standard InChI is InChI=1S/C14H18N2O2/c1-17-12-5-11(6-13(7-12)18-2)14(8-15)16-9-10-3-4-10/h5-7,10,14,16H,3-4,9H2,1-2H3. The molecule has 0 spiro atoms. The van der Waals surface area contributed by atoms with E-state index in [9.17, 15) is 5.26 Å². The van der Waals surface area contributed by atoms with Crippen LogP contribution < -0.4 is 14.8 Å². The summed E-state index contributed by atoms with van der Waals surface area (Å²) >= 11 is 0. The fraction of sp³-hybridized carbons (Fsp3) is 0.500. The van der Waals surface area contributed by atoms with E-state index in [4.69, 9.17) is 9.47 Å². The summed E-state index contributed by atoms with van der Waals surface area (Å²) in [7, 11) is 3.22. The van der Waals surface area contributed by atoms with Crippen molar-refractivity contribution in [2.75, 3.05) is 20.8 Å². The number of methoxy groups -OCH3 is 2. The first kappa shape index (κ1) is 12.7. The molecule has 18 heavy (non-hydrogen) atoms. The van der Waals surface area contributed by atoms with Crippen molar-refractivity contribution in [2.24, 2.45) is 5.92 Å². The molecular formula is C14H18N2O2. The highest BCUT2D eigenvalue weighted by Crippen LogP contribution is 2.30. The third kappa shape index (κ3) is 3.14. The number of hydrogen-bond acceptors (Lipinski definition) is 4. The molecule has 0 saturated heterocycles. The number of benzene rings is 1. The van der Waals surface area contributed by atoms with Gasteiger partial charge in [-0.2, -0.15) is 5.26 Å². The summed E-state index contributed by atoms with van der Waals surface area (Å²) in [4.78, 5) is 0. The minimum absolute atomic E-state index is 0.311. The van der Waals surface area contributed by atoms with Gasteiger partial charge in [-0.3, -0.25) is 5.32 Å². The van der Waals surface area contributed by atoms with Crippen molar-refractivity contribution in [1.29, 1.82) is 5.26 Å². The van der Waals surface area contributed by atoms with Gasteiger partial charge in [-0.1, -0.05) is 0 Å². The van der Waals surface area contributed by atoms with Crippen LogP contribution in [0.25, 0.3) is 0 Å². The van der Waals surface area contributed by atoms with Gasteiger partial charge in [-0.15, -0.1) is 0 Å². The highest BCUT2D eigenvalue weighted by atomic mass is 16.5. The van der Waals surface area contributed by atoms with Crippen molar-refractivity contribution in [2.45, 2.75) is 18.9 Å². The first-order valence-electron chi connectivity index (χ1n) is 6.12. The van der Waals surface area contributed by atoms with Crippen molar-refractivity contribution in [3.05, 3.63) is 23.8 Å². The summed E-state index contributed by atoms with van der Waals surface area (Å²) in [6, 6.07) is 7.52. The van der Waals surface area contributed by atoms with Crippen molar-refractivity contribution < 1.29 is 9.47 Å². The lowest BCUT2D eigenvalue weighted by Gasteiger charge is -2.14. The van der Waals surface area contributed by atoms with Gasteiger partial charge in [0.2, 0.25) is 0 Å². The van der Waals surface area contributed by atoms with E-state index in [0.29, 0.717) is 11.5 Å². The van der Waals surface area contributed by atoms with E-state index in [1.165, 1.54) is 12.8 Å². The van der Waals surface area contributed by atoms with Crippen LogP contribution in [-0.2, 0) is 0 Å². The summed E-state index contributed by atoms with van der Waals surface area (Å²) in [6.07, 6.45) is 2.54. The Morgan fingerprint density at radius 3 is 2.33 bits per heavy atom. The molecule has 1 aliphatic rings. The van der Waals surface area contributed by atoms with E-state index < -0.39 is 0 Å². The van der Waals surface area contributed by atoms with Gasteiger partial charge in [0.05, 0.1) is 20.3 Å². The third-order valence-corrected chi connectivity index (χ3v) is 3.14. The van der Waals surface area contributed by atoms with Crippen LogP contribution in [0.5, 0.6) is 11.5 Å². The zero-order valence-electron chi connectivity index (χ0n) is 10.8. The molecule has 1 unspecified atom stereocenters. The molecule has 1 fully saturated rings. The second kappa shape index (κ2) is 5.74. The quantitative estimate of drug-likeness (QED) is 0.836. The maximum absolute atomic E-state index is 9.25. The summed E-state index contributed by atoms with van der Waals surface area (Å²) < 4.78 is 10.4. The molecule has 0 radical (unpaired) electrons. The van der Waals surface area contributed by atoms with E-state index in [1.807, 2.05) is 12.1 Å². The molecule has 1 N–H and O–H groups in total. The molecule has 1 aromatic rings. The number of hydrogen-bond donors (Lipinski definition) is 1. The maximum atomic E-state index is 9.25. The molecule has 0 aliphatic heterocycles. The van der Waals surface area contributed by atoms with Crippen LogP contribution in [0.2, 0.25) is 0 Å². The highest BCUT2D eigenvalue weighted by molar-refractivity contribution is 5.41. The molecule has 1 saturated carbocycles. The van der Waals surface area contributed by atoms with Gasteiger partial charge in [0.1, 0.15) is 17.5 Å². The lowest BCUT2D eigenvalue weighted by molar-refractivity contribution is 0.392. The summed E-state index contributed by atoms with van der Waals surface area (Å²) in [5.74, 6) is 2.16. The van der Waals surface area contributed by atoms with Crippen LogP contribution in [0.1, 0.15) is 24.4 Å². The predicted molar refractivity (Wildman–Crippen MR) is 68.6 cm³/mol. The molecule has 2 rings (SSSR count). The molecular weight excluding hydrogens is 228 g/mol. The van der Waals surface area contributed by atoms with Crippen LogP contribution in [0, 0.1) is 17.2 Å². The smallest absolute Gasteiger partial charge is 0.122 e. The van der Waals surface area contributed by atoms with Crippen molar-refractivity contribution >= 4 is 0 Å². The lowest BCUT2D eigenvalue weighted by atomic mass is 10.1. The Hall–Kier alpha value is -1.73. The van der Waals surface area contributed by atoms with Gasteiger partial charge in [0.25, 0.3) is 0 Å². The molecule has 4 nitrogen and oxygen atoms in total. The molecule has 1 atom stereocenters. The molecule has 0 amide bonds. The average Bonchev–Trinajstić information content (AvgIpc) is 3.23. The Bertz CT molecular complexity index is 427. The molecule has 0 heterocycles. The predicted octanol–water partition coefficient (Wildman–Crippen LogP) is 2.27. The zero-order chi connectivity index (χ0) is 13.0. The van der Waals surface area contributed by atoms with Crippen LogP contribution in [0.15, 0.2) is 18.2 Å². The van der Waals surface area contributed by atoms with E-state index in [-0.39, 0.29) is 6.04 Å². The first-order chi connectivity index (χ1) is 8.76. The fourth-order valence-electron chi connectivity index (χ4n) is 1.84. The fourth-order valence-corrected chi connectivity index (χ4v) is 1.84. The van der Waals surface area contributed by atoms with Crippen LogP contribution >= 0.6 is 0 Å². The molecule has 1 aromatic carbocycles. The Kier molecular flexibility index (Phi) is 4.06. The Morgan fingerprint density at radius 2 is 1.89 bits per heavy atom. The maximum Gasteiger partial charge on any atom is 0.122 e. The molecule has 1 aliphatic carbocycles. The Balaban J connectivity index is 2.14. The summed E-state index contributed by atoms with van der Waals surface area (Å²) in [6.45, 7) is 0.901. The largest absolute Gasteiger partial charge is 0.497 e. The summed E-state index contributed by atoms with van der Waals surface area (Å²) in [5, 5.41) is 12.5. The number of nitriles is 1. The SMILES string of the molecule is COc1cc(OC)cc(C(C#N)NCC2CC2)c1. The van der Waals surface area contributed by atoms with Gasteiger partial charge >= 0.3 is 0 Å². The van der Waals surface area contributed by atoms with Gasteiger partial charge in [-0.25, -0.2) is 0 Å². The van der Waals surface area contributed by atoms with Crippen molar-refractivity contribution in [3.63, 3.8) is 0 Å². The van der Waals surface area contributed by atoms with E-state index in [2.05, 4.69) is 11.4 Å². The monoisotopic (exact) mass is 246 g/mol. The minimum atomic E-state index is -0.311. The molecule has 0 bridgehead atoms. The average molecular weight is 246 g/mol. The van der Waals surface area contributed by atoms with Crippen LogP contribution in [0.3, 0.4) is 0 Å². The minimum Gasteiger partial charge on any atom is -0.497 e. The second-order valence-electron chi connectivity index (χ2n) is 4.56. The topological polar surface area (TPSA) is 54.3 Å². The van der Waals surface area contributed by atoms with Crippen molar-refractivity contribution in [3.8, 4) is 17.6 Å². The van der Waals surface area contributed by atoms with Crippen LogP contribution in [0.4, 0.5) is 0 Å². The number of rotatable bonds is 6. The molecule has 96 valence electrons. The summed E-state index contributed by atoms with van der Waals surface area (Å²) in [5.41, 5.74) is 0.884. The van der Waals surface area contributed by atoms with Crippen LogP contribution in [-0.4, -0.2) is 20.8 Å². The van der Waals surface area contributed by atoms with Crippen molar-refractivity contribution in [1.82, 2.24) is 5.32 Å². The van der Waals surface area contributed by atoms with Gasteiger partial charge in [0, 0.05) is 6.07 Å². The highest BCUT2D eigenvalue weighted by Gasteiger charge is 2.23. The van der Waals surface area contributed by atoms with Gasteiger partial charge in [0.15, 0.2) is 0 Å².